The summed E-state index contributed by atoms with van der Waals surface area (Å²) in [5, 5.41) is 11.8. The van der Waals surface area contributed by atoms with E-state index < -0.39 is 0 Å². The number of halogens is 1. The van der Waals surface area contributed by atoms with Crippen LogP contribution in [0.5, 0.6) is 0 Å². The average molecular weight is 472 g/mol. The van der Waals surface area contributed by atoms with Gasteiger partial charge in [0.25, 0.3) is 0 Å². The average Bonchev–Trinajstić information content (AvgIpc) is 3.14. The summed E-state index contributed by atoms with van der Waals surface area (Å²) in [5.74, 6) is 1.52. The van der Waals surface area contributed by atoms with E-state index in [1.807, 2.05) is 13.0 Å². The molecule has 0 aromatic carbocycles. The van der Waals surface area contributed by atoms with Gasteiger partial charge in [0.15, 0.2) is 11.0 Å². The van der Waals surface area contributed by atoms with Gasteiger partial charge in [-0.25, -0.2) is 19.9 Å². The fraction of sp³-hybridized carbons (Fsp3) is 0.409. The molecule has 3 aromatic heterocycles. The first-order valence-corrected chi connectivity index (χ1v) is 11.8. The molecule has 8 nitrogen and oxygen atoms in total. The summed E-state index contributed by atoms with van der Waals surface area (Å²) in [4.78, 5) is 28.7. The number of aliphatic imine (C=N–C) groups is 2. The van der Waals surface area contributed by atoms with Crippen LogP contribution in [-0.2, 0) is 6.42 Å². The number of nitrogens with one attached hydrogen (secondary N) is 1. The van der Waals surface area contributed by atoms with Crippen LogP contribution in [0, 0.1) is 5.92 Å². The molecule has 1 aliphatic heterocycles. The Balaban J connectivity index is 1.77. The maximum absolute atomic E-state index is 9.70. The molecular formula is C22H26ClN7OS. The maximum Gasteiger partial charge on any atom is 0.196 e. The molecule has 32 heavy (non-hydrogen) atoms. The van der Waals surface area contributed by atoms with Gasteiger partial charge in [-0.3, -0.25) is 4.99 Å². The number of piperidine rings is 1. The molecule has 0 radical (unpaired) electrons. The predicted octanol–water partition coefficient (Wildman–Crippen LogP) is 4.98. The van der Waals surface area contributed by atoms with Gasteiger partial charge in [0.1, 0.15) is 17.2 Å². The molecule has 4 rings (SSSR count). The minimum absolute atomic E-state index is 0.170. The van der Waals surface area contributed by atoms with Crippen molar-refractivity contribution in [1.29, 1.82) is 0 Å². The Morgan fingerprint density at radius 3 is 3.00 bits per heavy atom. The second-order valence-electron chi connectivity index (χ2n) is 7.62. The van der Waals surface area contributed by atoms with Crippen LogP contribution in [0.1, 0.15) is 32.4 Å². The first-order chi connectivity index (χ1) is 15.6. The Morgan fingerprint density at radius 1 is 1.44 bits per heavy atom. The van der Waals surface area contributed by atoms with Gasteiger partial charge in [0, 0.05) is 42.7 Å². The largest absolute Gasteiger partial charge is 0.396 e. The summed E-state index contributed by atoms with van der Waals surface area (Å²) in [5.41, 5.74) is 2.30. The monoisotopic (exact) mass is 471 g/mol. The van der Waals surface area contributed by atoms with Crippen molar-refractivity contribution < 1.29 is 5.11 Å². The zero-order valence-electron chi connectivity index (χ0n) is 18.2. The number of hydrogen-bond donors (Lipinski definition) is 2. The van der Waals surface area contributed by atoms with Gasteiger partial charge in [-0.15, -0.1) is 0 Å². The van der Waals surface area contributed by atoms with Crippen molar-refractivity contribution in [3.63, 3.8) is 0 Å². The number of aromatic nitrogens is 4. The van der Waals surface area contributed by atoms with Crippen LogP contribution in [-0.4, -0.2) is 57.7 Å². The lowest BCUT2D eigenvalue weighted by molar-refractivity contribution is 0.208. The summed E-state index contributed by atoms with van der Waals surface area (Å²) in [6.45, 7) is 9.23. The molecule has 1 atom stereocenters. The summed E-state index contributed by atoms with van der Waals surface area (Å²) in [6.07, 6.45) is 6.20. The zero-order chi connectivity index (χ0) is 22.7. The Bertz CT molecular complexity index is 1160. The third-order valence-electron chi connectivity index (χ3n) is 5.50. The van der Waals surface area contributed by atoms with Gasteiger partial charge in [-0.1, -0.05) is 18.5 Å². The van der Waals surface area contributed by atoms with Gasteiger partial charge in [0.2, 0.25) is 0 Å². The van der Waals surface area contributed by atoms with Gasteiger partial charge >= 0.3 is 0 Å². The molecule has 1 aliphatic rings. The quantitative estimate of drug-likeness (QED) is 0.372. The number of fused-ring (bicyclic) bond motifs is 1. The molecule has 0 saturated carbocycles. The number of hydrogen-bond acceptors (Lipinski definition) is 8. The zero-order valence-corrected chi connectivity index (χ0v) is 19.7. The van der Waals surface area contributed by atoms with E-state index in [0.717, 1.165) is 59.8 Å². The van der Waals surface area contributed by atoms with Crippen molar-refractivity contribution in [3.8, 4) is 0 Å². The van der Waals surface area contributed by atoms with Crippen LogP contribution < -0.4 is 4.90 Å². The molecule has 2 N–H and O–H groups in total. The van der Waals surface area contributed by atoms with E-state index in [2.05, 4.69) is 38.5 Å². The van der Waals surface area contributed by atoms with E-state index >= 15 is 0 Å². The van der Waals surface area contributed by atoms with Gasteiger partial charge in [0.05, 0.1) is 10.4 Å². The van der Waals surface area contributed by atoms with Crippen LogP contribution in [0.25, 0.3) is 11.0 Å². The summed E-state index contributed by atoms with van der Waals surface area (Å²) in [7, 11) is 0. The minimum Gasteiger partial charge on any atom is -0.396 e. The highest BCUT2D eigenvalue weighted by molar-refractivity contribution is 7.99. The molecule has 168 valence electrons. The summed E-state index contributed by atoms with van der Waals surface area (Å²) >= 11 is 8.13. The first-order valence-electron chi connectivity index (χ1n) is 10.6. The molecule has 10 heteroatoms. The maximum atomic E-state index is 9.70. The fourth-order valence-electron chi connectivity index (χ4n) is 3.94. The van der Waals surface area contributed by atoms with Crippen molar-refractivity contribution in [3.05, 3.63) is 23.0 Å². The summed E-state index contributed by atoms with van der Waals surface area (Å²) in [6, 6.07) is 1.90. The number of aliphatic hydroxyl groups excluding tert-OH is 1. The molecule has 0 spiro atoms. The lowest BCUT2D eigenvalue weighted by Crippen LogP contribution is -2.37. The van der Waals surface area contributed by atoms with Gasteiger partial charge < -0.3 is 15.0 Å². The van der Waals surface area contributed by atoms with Crippen LogP contribution >= 0.6 is 23.4 Å². The third-order valence-corrected chi connectivity index (χ3v) is 6.74. The minimum atomic E-state index is 0.170. The number of aromatic amines is 1. The molecule has 1 fully saturated rings. The van der Waals surface area contributed by atoms with E-state index in [9.17, 15) is 5.11 Å². The Hall–Kier alpha value is -2.49. The van der Waals surface area contributed by atoms with Crippen LogP contribution in [0.4, 0.5) is 17.3 Å². The molecule has 0 aliphatic carbocycles. The van der Waals surface area contributed by atoms with Crippen molar-refractivity contribution in [2.24, 2.45) is 15.9 Å². The van der Waals surface area contributed by atoms with Gasteiger partial charge in [-0.2, -0.15) is 0 Å². The van der Waals surface area contributed by atoms with Crippen molar-refractivity contribution >= 4 is 64.7 Å². The molecule has 1 unspecified atom stereocenters. The Kier molecular flexibility index (Phi) is 7.07. The Labute approximate surface area is 196 Å². The highest BCUT2D eigenvalue weighted by Crippen LogP contribution is 2.39. The summed E-state index contributed by atoms with van der Waals surface area (Å²) < 4.78 is 0. The molecule has 0 amide bonds. The number of aliphatic hydroxyl groups is 1. The van der Waals surface area contributed by atoms with Crippen molar-refractivity contribution in [1.82, 2.24) is 19.9 Å². The van der Waals surface area contributed by atoms with Gasteiger partial charge in [-0.05, 0) is 56.6 Å². The SMILES string of the molecule is C=Nc1ncc(Sc2nc(N3CCCC(CO)C3)c3c(Cl)c(CC)[nH]c3n2)cc1/N=C\C. The smallest absolute Gasteiger partial charge is 0.196 e. The Morgan fingerprint density at radius 2 is 2.28 bits per heavy atom. The number of pyridine rings is 1. The number of aryl methyl sites for hydroxylation is 1. The normalized spacial score (nSPS) is 16.9. The van der Waals surface area contributed by atoms with E-state index in [0.29, 0.717) is 21.7 Å². The topological polar surface area (TPSA) is 103 Å². The van der Waals surface area contributed by atoms with Crippen LogP contribution in [0.15, 0.2) is 32.3 Å². The van der Waals surface area contributed by atoms with E-state index in [1.165, 1.54) is 11.8 Å². The van der Waals surface area contributed by atoms with Crippen LogP contribution in [0.3, 0.4) is 0 Å². The first kappa shape index (κ1) is 22.7. The number of rotatable bonds is 7. The van der Waals surface area contributed by atoms with Crippen molar-refractivity contribution in [2.45, 2.75) is 43.2 Å². The lowest BCUT2D eigenvalue weighted by Gasteiger charge is -2.33. The lowest BCUT2D eigenvalue weighted by atomic mass is 9.99. The predicted molar refractivity (Wildman–Crippen MR) is 132 cm³/mol. The van der Waals surface area contributed by atoms with Crippen molar-refractivity contribution in [2.75, 3.05) is 24.6 Å². The molecule has 3 aromatic rings. The highest BCUT2D eigenvalue weighted by Gasteiger charge is 2.26. The molecule has 1 saturated heterocycles. The second kappa shape index (κ2) is 9.97. The third kappa shape index (κ3) is 4.51. The molecular weight excluding hydrogens is 446 g/mol. The second-order valence-corrected chi connectivity index (χ2v) is 9.04. The number of nitrogens with zero attached hydrogens (tertiary/aromatic N) is 6. The number of anilines is 1. The number of H-pyrrole nitrogens is 1. The fourth-order valence-corrected chi connectivity index (χ4v) is 5.05. The van der Waals surface area contributed by atoms with E-state index in [-0.39, 0.29) is 12.5 Å². The molecule has 0 bridgehead atoms. The van der Waals surface area contributed by atoms with E-state index in [1.54, 1.807) is 12.4 Å². The van der Waals surface area contributed by atoms with Crippen LogP contribution in [0.2, 0.25) is 5.02 Å². The standard InChI is InChI=1S/C22H26ClN7OS/c1-4-15-18(23)17-20(27-15)28-22(29-21(17)30-8-6-7-13(11-30)12-31)32-14-9-16(25-5-2)19(24-3)26-10-14/h5,9-10,13,31H,3-4,6-8,11-12H2,1-2H3,(H,27,28,29)/b25-5-. The molecule has 4 heterocycles. The van der Waals surface area contributed by atoms with E-state index in [4.69, 9.17) is 21.6 Å². The highest BCUT2D eigenvalue weighted by atomic mass is 35.5.